The van der Waals surface area contributed by atoms with E-state index in [1.165, 1.54) is 0 Å². The molecule has 0 spiro atoms. The van der Waals surface area contributed by atoms with Crippen LogP contribution in [-0.2, 0) is 0 Å². The molecule has 0 saturated heterocycles. The number of hydrogen-bond donors (Lipinski definition) is 1. The Balaban J connectivity index is 1.89. The van der Waals surface area contributed by atoms with Gasteiger partial charge in [-0.1, -0.05) is 30.3 Å². The molecule has 0 unspecified atom stereocenters. The fourth-order valence-corrected chi connectivity index (χ4v) is 3.13. The van der Waals surface area contributed by atoms with Gasteiger partial charge in [-0.2, -0.15) is 5.10 Å². The minimum atomic E-state index is 0.552. The molecule has 0 bridgehead atoms. The lowest BCUT2D eigenvalue weighted by atomic mass is 10.0. The Labute approximate surface area is 156 Å². The van der Waals surface area contributed by atoms with Gasteiger partial charge >= 0.3 is 0 Å². The van der Waals surface area contributed by atoms with Gasteiger partial charge in [-0.15, -0.1) is 0 Å². The zero-order valence-corrected chi connectivity index (χ0v) is 15.3. The van der Waals surface area contributed by atoms with Crippen LogP contribution in [0.4, 0.5) is 0 Å². The molecule has 1 N–H and O–H groups in total. The van der Waals surface area contributed by atoms with Crippen molar-refractivity contribution in [1.29, 1.82) is 0 Å². The zero-order valence-electron chi connectivity index (χ0n) is 15.3. The highest BCUT2D eigenvalue weighted by molar-refractivity contribution is 5.94. The maximum Gasteiger partial charge on any atom is 0.203 e. The lowest BCUT2D eigenvalue weighted by Gasteiger charge is -2.13. The molecular formula is C21H19N3O3. The Morgan fingerprint density at radius 3 is 2.11 bits per heavy atom. The van der Waals surface area contributed by atoms with Gasteiger partial charge in [-0.25, -0.2) is 4.98 Å². The predicted molar refractivity (Wildman–Crippen MR) is 104 cm³/mol. The summed E-state index contributed by atoms with van der Waals surface area (Å²) < 4.78 is 16.3. The average molecular weight is 361 g/mol. The average Bonchev–Trinajstić information content (AvgIpc) is 3.16. The van der Waals surface area contributed by atoms with Gasteiger partial charge in [0.15, 0.2) is 17.1 Å². The maximum absolute atomic E-state index is 5.47. The van der Waals surface area contributed by atoms with Gasteiger partial charge in [0.25, 0.3) is 0 Å². The molecule has 136 valence electrons. The molecular weight excluding hydrogens is 342 g/mol. The highest BCUT2D eigenvalue weighted by Gasteiger charge is 2.17. The summed E-state index contributed by atoms with van der Waals surface area (Å²) in [6.07, 6.45) is 1.83. The number of fused-ring (bicyclic) bond motifs is 1. The van der Waals surface area contributed by atoms with Crippen molar-refractivity contribution in [2.45, 2.75) is 0 Å². The Morgan fingerprint density at radius 1 is 0.778 bits per heavy atom. The fraction of sp³-hybridized carbons (Fsp3) is 0.143. The van der Waals surface area contributed by atoms with Crippen LogP contribution < -0.4 is 14.2 Å². The van der Waals surface area contributed by atoms with Crippen molar-refractivity contribution >= 4 is 11.0 Å². The van der Waals surface area contributed by atoms with E-state index < -0.39 is 0 Å². The van der Waals surface area contributed by atoms with Crippen LogP contribution in [-0.4, -0.2) is 36.5 Å². The van der Waals surface area contributed by atoms with Gasteiger partial charge < -0.3 is 14.2 Å². The first-order valence-electron chi connectivity index (χ1n) is 8.45. The number of pyridine rings is 1. The minimum Gasteiger partial charge on any atom is -0.493 e. The normalized spacial score (nSPS) is 10.8. The third-order valence-electron chi connectivity index (χ3n) is 4.47. The number of benzene rings is 2. The van der Waals surface area contributed by atoms with Gasteiger partial charge in [-0.05, 0) is 23.8 Å². The first kappa shape index (κ1) is 16.9. The monoisotopic (exact) mass is 361 g/mol. The molecule has 0 fully saturated rings. The Bertz CT molecular complexity index is 1070. The molecule has 6 nitrogen and oxygen atoms in total. The number of hydrogen-bond acceptors (Lipinski definition) is 5. The lowest BCUT2D eigenvalue weighted by Crippen LogP contribution is -1.96. The maximum atomic E-state index is 5.47. The third kappa shape index (κ3) is 2.95. The highest BCUT2D eigenvalue weighted by Crippen LogP contribution is 2.42. The lowest BCUT2D eigenvalue weighted by molar-refractivity contribution is 0.324. The van der Waals surface area contributed by atoms with Crippen molar-refractivity contribution < 1.29 is 14.2 Å². The molecule has 4 aromatic rings. The fourth-order valence-electron chi connectivity index (χ4n) is 3.13. The Morgan fingerprint density at radius 2 is 1.48 bits per heavy atom. The highest BCUT2D eigenvalue weighted by atomic mass is 16.5. The molecule has 0 aliphatic heterocycles. The molecule has 27 heavy (non-hydrogen) atoms. The number of nitrogens with one attached hydrogen (secondary N) is 1. The number of ether oxygens (including phenoxy) is 3. The van der Waals surface area contributed by atoms with E-state index in [-0.39, 0.29) is 0 Å². The molecule has 0 atom stereocenters. The second-order valence-corrected chi connectivity index (χ2v) is 5.97. The van der Waals surface area contributed by atoms with Crippen LogP contribution in [0.15, 0.2) is 54.7 Å². The van der Waals surface area contributed by atoms with Crippen LogP contribution in [0, 0.1) is 0 Å². The van der Waals surface area contributed by atoms with E-state index >= 15 is 0 Å². The van der Waals surface area contributed by atoms with E-state index in [0.29, 0.717) is 22.9 Å². The van der Waals surface area contributed by atoms with E-state index in [4.69, 9.17) is 14.2 Å². The minimum absolute atomic E-state index is 0.552. The topological polar surface area (TPSA) is 69.3 Å². The number of aromatic nitrogens is 3. The second-order valence-electron chi connectivity index (χ2n) is 5.97. The summed E-state index contributed by atoms with van der Waals surface area (Å²) in [5, 5.41) is 8.34. The second kappa shape index (κ2) is 6.99. The summed E-state index contributed by atoms with van der Waals surface area (Å²) in [6, 6.07) is 16.0. The first-order chi connectivity index (χ1) is 13.2. The largest absolute Gasteiger partial charge is 0.493 e. The van der Waals surface area contributed by atoms with Crippen LogP contribution in [0.3, 0.4) is 0 Å². The number of nitrogens with zero attached hydrogens (tertiary/aromatic N) is 2. The molecule has 2 aromatic heterocycles. The van der Waals surface area contributed by atoms with Gasteiger partial charge in [-0.3, -0.25) is 5.10 Å². The van der Waals surface area contributed by atoms with E-state index in [1.54, 1.807) is 21.3 Å². The van der Waals surface area contributed by atoms with Crippen molar-refractivity contribution in [3.63, 3.8) is 0 Å². The van der Waals surface area contributed by atoms with Gasteiger partial charge in [0, 0.05) is 22.7 Å². The molecule has 0 aliphatic carbocycles. The quantitative estimate of drug-likeness (QED) is 0.573. The predicted octanol–water partition coefficient (Wildman–Crippen LogP) is 4.32. The first-order valence-corrected chi connectivity index (χ1v) is 8.45. The summed E-state index contributed by atoms with van der Waals surface area (Å²) in [4.78, 5) is 4.49. The van der Waals surface area contributed by atoms with E-state index in [2.05, 4.69) is 33.4 Å². The van der Waals surface area contributed by atoms with Gasteiger partial charge in [0.2, 0.25) is 5.75 Å². The van der Waals surface area contributed by atoms with Crippen LogP contribution in [0.5, 0.6) is 17.2 Å². The van der Waals surface area contributed by atoms with Crippen molar-refractivity contribution in [2.75, 3.05) is 21.3 Å². The summed E-state index contributed by atoms with van der Waals surface area (Å²) in [6.45, 7) is 0. The molecule has 2 aromatic carbocycles. The third-order valence-corrected chi connectivity index (χ3v) is 4.47. The van der Waals surface area contributed by atoms with E-state index in [0.717, 1.165) is 27.8 Å². The van der Waals surface area contributed by atoms with Crippen molar-refractivity contribution in [3.05, 3.63) is 54.7 Å². The molecule has 4 rings (SSSR count). The van der Waals surface area contributed by atoms with Crippen molar-refractivity contribution in [2.24, 2.45) is 0 Å². The SMILES string of the molecule is COc1cc(-c2[nH]nc3ncc(-c4ccccc4)cc23)cc(OC)c1OC. The summed E-state index contributed by atoms with van der Waals surface area (Å²) in [7, 11) is 4.78. The van der Waals surface area contributed by atoms with Crippen LogP contribution in [0.1, 0.15) is 0 Å². The Hall–Kier alpha value is -3.54. The molecule has 6 heteroatoms. The zero-order chi connectivity index (χ0) is 18.8. The summed E-state index contributed by atoms with van der Waals surface area (Å²) in [5.74, 6) is 1.72. The number of rotatable bonds is 5. The van der Waals surface area contributed by atoms with E-state index in [1.807, 2.05) is 36.5 Å². The molecule has 2 heterocycles. The van der Waals surface area contributed by atoms with Crippen molar-refractivity contribution in [1.82, 2.24) is 15.2 Å². The Kier molecular flexibility index (Phi) is 4.38. The smallest absolute Gasteiger partial charge is 0.203 e. The van der Waals surface area contributed by atoms with Gasteiger partial charge in [0.05, 0.1) is 27.0 Å². The van der Waals surface area contributed by atoms with Crippen LogP contribution in [0.25, 0.3) is 33.4 Å². The van der Waals surface area contributed by atoms with Crippen LogP contribution >= 0.6 is 0 Å². The molecule has 0 radical (unpaired) electrons. The standard InChI is InChI=1S/C21H19N3O3/c1-25-17-10-14(11-18(26-2)20(17)27-3)19-16-9-15(12-22-21(16)24-23-19)13-7-5-4-6-8-13/h4-12H,1-3H3,(H,22,23,24). The molecule has 0 aliphatic rings. The summed E-state index contributed by atoms with van der Waals surface area (Å²) >= 11 is 0. The number of aromatic amines is 1. The number of H-pyrrole nitrogens is 1. The van der Waals surface area contributed by atoms with E-state index in [9.17, 15) is 0 Å². The summed E-state index contributed by atoms with van der Waals surface area (Å²) in [5.41, 5.74) is 4.49. The molecule has 0 saturated carbocycles. The van der Waals surface area contributed by atoms with Gasteiger partial charge in [0.1, 0.15) is 0 Å². The van der Waals surface area contributed by atoms with Crippen molar-refractivity contribution in [3.8, 4) is 39.6 Å². The molecule has 0 amide bonds. The van der Waals surface area contributed by atoms with Crippen LogP contribution in [0.2, 0.25) is 0 Å². The number of methoxy groups -OCH3 is 3.